The van der Waals surface area contributed by atoms with Crippen LogP contribution >= 0.6 is 39.3 Å². The van der Waals surface area contributed by atoms with Crippen LogP contribution in [0.1, 0.15) is 16.7 Å². The van der Waals surface area contributed by atoms with Crippen molar-refractivity contribution in [2.75, 3.05) is 19.0 Å². The average Bonchev–Trinajstić information content (AvgIpc) is 3.13. The Morgan fingerprint density at radius 1 is 1.11 bits per heavy atom. The van der Waals surface area contributed by atoms with Crippen LogP contribution in [0, 0.1) is 6.92 Å². The zero-order valence-electron chi connectivity index (χ0n) is 19.9. The molecule has 0 unspecified atom stereocenters. The summed E-state index contributed by atoms with van der Waals surface area (Å²) in [5.41, 5.74) is 3.18. The summed E-state index contributed by atoms with van der Waals surface area (Å²) in [5.74, 6) is 0.00286. The number of thioether (sulfide) groups is 1. The molecule has 3 aromatic carbocycles. The van der Waals surface area contributed by atoms with Crippen molar-refractivity contribution in [3.8, 4) is 11.5 Å². The average molecular weight is 602 g/mol. The number of amides is 3. The molecular weight excluding hydrogens is 580 g/mol. The highest BCUT2D eigenvalue weighted by atomic mass is 79.9. The summed E-state index contributed by atoms with van der Waals surface area (Å²) in [6.07, 6.45) is 1.62. The van der Waals surface area contributed by atoms with E-state index in [4.69, 9.17) is 21.1 Å². The molecule has 0 saturated carbocycles. The maximum Gasteiger partial charge on any atom is 0.293 e. The molecule has 0 aromatic heterocycles. The van der Waals surface area contributed by atoms with Gasteiger partial charge in [0, 0.05) is 10.7 Å². The van der Waals surface area contributed by atoms with Gasteiger partial charge in [-0.15, -0.1) is 0 Å². The molecule has 0 radical (unpaired) electrons. The number of nitrogens with one attached hydrogen (secondary N) is 1. The summed E-state index contributed by atoms with van der Waals surface area (Å²) in [5, 5.41) is 3.01. The number of methoxy groups -OCH3 is 1. The van der Waals surface area contributed by atoms with Crippen LogP contribution < -0.4 is 14.8 Å². The van der Waals surface area contributed by atoms with Crippen LogP contribution in [0.2, 0.25) is 5.02 Å². The Hall–Kier alpha value is -3.27. The molecule has 3 amide bonds. The number of halogens is 2. The first-order chi connectivity index (χ1) is 17.7. The van der Waals surface area contributed by atoms with Crippen LogP contribution in [0.3, 0.4) is 0 Å². The Kier molecular flexibility index (Phi) is 8.58. The number of imide groups is 1. The van der Waals surface area contributed by atoms with Crippen LogP contribution in [0.5, 0.6) is 11.5 Å². The molecule has 1 fully saturated rings. The van der Waals surface area contributed by atoms with Crippen LogP contribution in [-0.4, -0.2) is 35.7 Å². The van der Waals surface area contributed by atoms with E-state index < -0.39 is 0 Å². The van der Waals surface area contributed by atoms with Gasteiger partial charge in [0.2, 0.25) is 0 Å². The quantitative estimate of drug-likeness (QED) is 0.290. The van der Waals surface area contributed by atoms with Crippen LogP contribution in [0.25, 0.3) is 6.08 Å². The molecule has 190 valence electrons. The first-order valence-electron chi connectivity index (χ1n) is 11.1. The Bertz CT molecular complexity index is 1380. The Morgan fingerprint density at radius 3 is 2.49 bits per heavy atom. The van der Waals surface area contributed by atoms with Gasteiger partial charge in [0.25, 0.3) is 17.1 Å². The van der Waals surface area contributed by atoms with Gasteiger partial charge in [-0.1, -0.05) is 41.4 Å². The van der Waals surface area contributed by atoms with Gasteiger partial charge in [0.1, 0.15) is 0 Å². The lowest BCUT2D eigenvalue weighted by Gasteiger charge is -2.14. The fraction of sp³-hybridized carbons (Fsp3) is 0.148. The zero-order chi connectivity index (χ0) is 26.5. The highest BCUT2D eigenvalue weighted by Gasteiger charge is 2.35. The van der Waals surface area contributed by atoms with E-state index in [0.717, 1.165) is 22.9 Å². The van der Waals surface area contributed by atoms with Crippen molar-refractivity contribution in [1.82, 2.24) is 4.90 Å². The molecule has 1 aliphatic rings. The molecular formula is C27H22BrClN2O5S. The first kappa shape index (κ1) is 26.8. The number of hydrogen-bond acceptors (Lipinski definition) is 6. The van der Waals surface area contributed by atoms with E-state index in [-0.39, 0.29) is 30.2 Å². The molecule has 0 bridgehead atoms. The molecule has 0 atom stereocenters. The predicted molar refractivity (Wildman–Crippen MR) is 149 cm³/mol. The van der Waals surface area contributed by atoms with Crippen molar-refractivity contribution < 1.29 is 23.9 Å². The SMILES string of the molecule is COc1cc(/C=C2/SC(=O)N(Cc3ccc(Cl)cc3)C2=O)cc(Br)c1OCC(=O)Nc1ccc(C)cc1. The number of hydrogen-bond donors (Lipinski definition) is 1. The minimum Gasteiger partial charge on any atom is -0.493 e. The normalized spacial score (nSPS) is 14.3. The molecule has 7 nitrogen and oxygen atoms in total. The van der Waals surface area contributed by atoms with Crippen molar-refractivity contribution in [2.45, 2.75) is 13.5 Å². The van der Waals surface area contributed by atoms with Gasteiger partial charge in [-0.3, -0.25) is 19.3 Å². The van der Waals surface area contributed by atoms with Gasteiger partial charge >= 0.3 is 0 Å². The van der Waals surface area contributed by atoms with Crippen molar-refractivity contribution >= 4 is 68.1 Å². The molecule has 1 saturated heterocycles. The molecule has 0 spiro atoms. The number of ether oxygens (including phenoxy) is 2. The summed E-state index contributed by atoms with van der Waals surface area (Å²) in [4.78, 5) is 39.2. The van der Waals surface area contributed by atoms with Crippen LogP contribution in [0.4, 0.5) is 10.5 Å². The topological polar surface area (TPSA) is 84.9 Å². The Balaban J connectivity index is 1.45. The number of carbonyl (C=O) groups excluding carboxylic acids is 3. The van der Waals surface area contributed by atoms with Crippen molar-refractivity contribution in [1.29, 1.82) is 0 Å². The fourth-order valence-electron chi connectivity index (χ4n) is 3.49. The van der Waals surface area contributed by atoms with Gasteiger partial charge in [-0.05, 0) is 88.2 Å². The maximum atomic E-state index is 12.9. The minimum atomic E-state index is -0.381. The second kappa shape index (κ2) is 11.9. The summed E-state index contributed by atoms with van der Waals surface area (Å²) < 4.78 is 11.7. The largest absolute Gasteiger partial charge is 0.493 e. The summed E-state index contributed by atoms with van der Waals surface area (Å²) in [6, 6.07) is 17.8. The molecule has 4 rings (SSSR count). The number of carbonyl (C=O) groups is 3. The number of nitrogens with zero attached hydrogens (tertiary/aromatic N) is 1. The summed E-state index contributed by atoms with van der Waals surface area (Å²) in [6.45, 7) is 1.89. The van der Waals surface area contributed by atoms with Gasteiger partial charge in [0.15, 0.2) is 18.1 Å². The molecule has 0 aliphatic carbocycles. The third-order valence-corrected chi connectivity index (χ3v) is 7.11. The van der Waals surface area contributed by atoms with Gasteiger partial charge < -0.3 is 14.8 Å². The second-order valence-corrected chi connectivity index (χ2v) is 10.4. The van der Waals surface area contributed by atoms with Gasteiger partial charge in [-0.25, -0.2) is 0 Å². The minimum absolute atomic E-state index is 0.156. The molecule has 10 heteroatoms. The van der Waals surface area contributed by atoms with E-state index in [2.05, 4.69) is 21.2 Å². The monoisotopic (exact) mass is 600 g/mol. The predicted octanol–water partition coefficient (Wildman–Crippen LogP) is 6.67. The van der Waals surface area contributed by atoms with E-state index in [9.17, 15) is 14.4 Å². The summed E-state index contributed by atoms with van der Waals surface area (Å²) >= 11 is 10.2. The first-order valence-corrected chi connectivity index (χ1v) is 13.1. The number of rotatable bonds is 8. The van der Waals surface area contributed by atoms with E-state index in [0.29, 0.717) is 37.2 Å². The second-order valence-electron chi connectivity index (χ2n) is 8.13. The highest BCUT2D eigenvalue weighted by molar-refractivity contribution is 9.10. The van der Waals surface area contributed by atoms with Crippen molar-refractivity contribution in [3.63, 3.8) is 0 Å². The van der Waals surface area contributed by atoms with Gasteiger partial charge in [-0.2, -0.15) is 0 Å². The fourth-order valence-corrected chi connectivity index (χ4v) is 5.03. The molecule has 1 N–H and O–H groups in total. The highest BCUT2D eigenvalue weighted by Crippen LogP contribution is 2.39. The van der Waals surface area contributed by atoms with Crippen molar-refractivity contribution in [3.05, 3.63) is 91.8 Å². The third-order valence-electron chi connectivity index (χ3n) is 5.36. The van der Waals surface area contributed by atoms with Crippen molar-refractivity contribution in [2.24, 2.45) is 0 Å². The lowest BCUT2D eigenvalue weighted by Crippen LogP contribution is -2.27. The van der Waals surface area contributed by atoms with E-state index in [1.807, 2.05) is 31.2 Å². The molecule has 3 aromatic rings. The van der Waals surface area contributed by atoms with Crippen LogP contribution in [0.15, 0.2) is 70.0 Å². The Morgan fingerprint density at radius 2 is 1.81 bits per heavy atom. The van der Waals surface area contributed by atoms with Crippen LogP contribution in [-0.2, 0) is 16.1 Å². The number of aryl methyl sites for hydroxylation is 1. The van der Waals surface area contributed by atoms with Gasteiger partial charge in [0.05, 0.1) is 23.0 Å². The lowest BCUT2D eigenvalue weighted by atomic mass is 10.1. The van der Waals surface area contributed by atoms with E-state index >= 15 is 0 Å². The molecule has 1 aliphatic heterocycles. The molecule has 37 heavy (non-hydrogen) atoms. The number of anilines is 1. The smallest absolute Gasteiger partial charge is 0.293 e. The summed E-state index contributed by atoms with van der Waals surface area (Å²) in [7, 11) is 1.48. The van der Waals surface area contributed by atoms with E-state index in [1.165, 1.54) is 12.0 Å². The zero-order valence-corrected chi connectivity index (χ0v) is 23.1. The van der Waals surface area contributed by atoms with E-state index in [1.54, 1.807) is 42.5 Å². The lowest BCUT2D eigenvalue weighted by molar-refractivity contribution is -0.123. The number of benzene rings is 3. The maximum absolute atomic E-state index is 12.9. The standard InChI is InChI=1S/C27H22BrClN2O5S/c1-16-3-9-20(10-4-16)30-24(32)15-36-25-21(28)11-18(12-22(25)35-2)13-23-26(33)31(27(34)37-23)14-17-5-7-19(29)8-6-17/h3-13H,14-15H2,1-2H3,(H,30,32)/b23-13+. The third kappa shape index (κ3) is 6.74. The molecule has 1 heterocycles. The Labute approximate surface area is 231 Å².